The first-order valence-electron chi connectivity index (χ1n) is 14.2. The topological polar surface area (TPSA) is 58.6 Å². The van der Waals surface area contributed by atoms with Gasteiger partial charge in [0.15, 0.2) is 0 Å². The fraction of sp³-hybridized carbons (Fsp3) is 0.515. The molecule has 0 atom stereocenters. The third-order valence-electron chi connectivity index (χ3n) is 6.85. The SMILES string of the molecule is C=Cc1ccccc1CN(C(=O)CCCCC(=O)NCCC(C)(C)OCCC(C)C)c1ccccc1CC. The third kappa shape index (κ3) is 10.8. The molecule has 0 aromatic heterocycles. The van der Waals surface area contributed by atoms with E-state index >= 15 is 0 Å². The van der Waals surface area contributed by atoms with Crippen LogP contribution < -0.4 is 10.2 Å². The Kier molecular flexibility index (Phi) is 13.3. The van der Waals surface area contributed by atoms with E-state index in [4.69, 9.17) is 4.74 Å². The highest BCUT2D eigenvalue weighted by atomic mass is 16.5. The molecule has 38 heavy (non-hydrogen) atoms. The van der Waals surface area contributed by atoms with Crippen molar-refractivity contribution < 1.29 is 14.3 Å². The summed E-state index contributed by atoms with van der Waals surface area (Å²) in [4.78, 5) is 27.7. The molecule has 2 amide bonds. The number of unbranched alkanes of at least 4 members (excludes halogenated alkanes) is 1. The van der Waals surface area contributed by atoms with Gasteiger partial charge >= 0.3 is 0 Å². The molecule has 2 aromatic rings. The summed E-state index contributed by atoms with van der Waals surface area (Å²) in [6.45, 7) is 16.4. The number of hydrogen-bond acceptors (Lipinski definition) is 3. The Morgan fingerprint density at radius 2 is 1.68 bits per heavy atom. The van der Waals surface area contributed by atoms with Gasteiger partial charge in [0.05, 0.1) is 12.1 Å². The molecule has 0 aliphatic carbocycles. The van der Waals surface area contributed by atoms with Gasteiger partial charge in [0.1, 0.15) is 0 Å². The minimum Gasteiger partial charge on any atom is -0.375 e. The zero-order chi connectivity index (χ0) is 28.0. The van der Waals surface area contributed by atoms with E-state index in [1.165, 1.54) is 0 Å². The van der Waals surface area contributed by atoms with Gasteiger partial charge in [0, 0.05) is 31.7 Å². The molecule has 5 nitrogen and oxygen atoms in total. The van der Waals surface area contributed by atoms with Crippen molar-refractivity contribution in [3.8, 4) is 0 Å². The second-order valence-electron chi connectivity index (χ2n) is 11.0. The number of amides is 2. The zero-order valence-corrected chi connectivity index (χ0v) is 24.2. The second-order valence-corrected chi connectivity index (χ2v) is 11.0. The summed E-state index contributed by atoms with van der Waals surface area (Å²) in [6.07, 6.45) is 6.67. The molecule has 0 saturated carbocycles. The minimum absolute atomic E-state index is 0.0310. The highest BCUT2D eigenvalue weighted by Crippen LogP contribution is 2.26. The maximum atomic E-state index is 13.5. The molecular formula is C33H48N2O3. The number of nitrogens with zero attached hydrogens (tertiary/aromatic N) is 1. The Hall–Kier alpha value is -2.92. The molecule has 208 valence electrons. The van der Waals surface area contributed by atoms with Crippen molar-refractivity contribution >= 4 is 23.6 Å². The van der Waals surface area contributed by atoms with Crippen molar-refractivity contribution in [1.82, 2.24) is 5.32 Å². The van der Waals surface area contributed by atoms with Crippen molar-refractivity contribution in [3.63, 3.8) is 0 Å². The van der Waals surface area contributed by atoms with Crippen LogP contribution in [0, 0.1) is 5.92 Å². The van der Waals surface area contributed by atoms with Crippen LogP contribution in [0.3, 0.4) is 0 Å². The molecule has 0 bridgehead atoms. The lowest BCUT2D eigenvalue weighted by Crippen LogP contribution is -2.33. The van der Waals surface area contributed by atoms with Crippen LogP contribution in [0.5, 0.6) is 0 Å². The molecular weight excluding hydrogens is 472 g/mol. The van der Waals surface area contributed by atoms with Gasteiger partial charge in [-0.1, -0.05) is 75.9 Å². The van der Waals surface area contributed by atoms with E-state index in [2.05, 4.69) is 52.6 Å². The smallest absolute Gasteiger partial charge is 0.227 e. The number of nitrogens with one attached hydrogen (secondary N) is 1. The molecule has 0 aliphatic rings. The van der Waals surface area contributed by atoms with Crippen LogP contribution >= 0.6 is 0 Å². The van der Waals surface area contributed by atoms with Gasteiger partial charge in [0.2, 0.25) is 11.8 Å². The normalized spacial score (nSPS) is 11.4. The first kappa shape index (κ1) is 31.3. The third-order valence-corrected chi connectivity index (χ3v) is 6.85. The fourth-order valence-corrected chi connectivity index (χ4v) is 4.36. The first-order chi connectivity index (χ1) is 18.2. The molecule has 0 unspecified atom stereocenters. The molecule has 0 fully saturated rings. The summed E-state index contributed by atoms with van der Waals surface area (Å²) in [6, 6.07) is 16.1. The lowest BCUT2D eigenvalue weighted by molar-refractivity contribution is -0.122. The number of anilines is 1. The summed E-state index contributed by atoms with van der Waals surface area (Å²) in [5.41, 5.74) is 3.95. The molecule has 2 rings (SSSR count). The summed E-state index contributed by atoms with van der Waals surface area (Å²) < 4.78 is 5.98. The minimum atomic E-state index is -0.253. The van der Waals surface area contributed by atoms with Gasteiger partial charge in [-0.25, -0.2) is 0 Å². The van der Waals surface area contributed by atoms with Gasteiger partial charge in [-0.3, -0.25) is 9.59 Å². The van der Waals surface area contributed by atoms with Crippen LogP contribution in [0.1, 0.15) is 89.8 Å². The molecule has 0 spiro atoms. The lowest BCUT2D eigenvalue weighted by atomic mass is 10.0. The summed E-state index contributed by atoms with van der Waals surface area (Å²) in [7, 11) is 0. The number of rotatable bonds is 17. The predicted octanol–water partition coefficient (Wildman–Crippen LogP) is 7.33. The summed E-state index contributed by atoms with van der Waals surface area (Å²) in [5, 5.41) is 3.01. The van der Waals surface area contributed by atoms with Crippen LogP contribution in [0.25, 0.3) is 6.08 Å². The second kappa shape index (κ2) is 16.1. The van der Waals surface area contributed by atoms with E-state index < -0.39 is 0 Å². The number of carbonyl (C=O) groups is 2. The molecule has 1 N–H and O–H groups in total. The number of carbonyl (C=O) groups excluding carboxylic acids is 2. The summed E-state index contributed by atoms with van der Waals surface area (Å²) in [5.74, 6) is 0.725. The Morgan fingerprint density at radius 3 is 2.37 bits per heavy atom. The van der Waals surface area contributed by atoms with E-state index in [9.17, 15) is 9.59 Å². The van der Waals surface area contributed by atoms with E-state index in [1.807, 2.05) is 53.4 Å². The van der Waals surface area contributed by atoms with Crippen molar-refractivity contribution in [1.29, 1.82) is 0 Å². The van der Waals surface area contributed by atoms with E-state index in [0.717, 1.165) is 48.2 Å². The average Bonchev–Trinajstić information content (AvgIpc) is 2.89. The quantitative estimate of drug-likeness (QED) is 0.222. The van der Waals surface area contributed by atoms with Gasteiger partial charge in [-0.05, 0) is 74.6 Å². The zero-order valence-electron chi connectivity index (χ0n) is 24.2. The van der Waals surface area contributed by atoms with Gasteiger partial charge in [-0.15, -0.1) is 0 Å². The van der Waals surface area contributed by atoms with E-state index in [0.29, 0.717) is 44.7 Å². The standard InChI is InChI=1S/C33H48N2O3/c1-7-27-15-9-10-17-29(27)25-35(30-18-12-11-16-28(30)8-2)32(37)20-14-13-19-31(36)34-23-22-33(5,6)38-24-21-26(3)4/h7,9-12,15-18,26H,1,8,13-14,19-25H2,2-6H3,(H,34,36). The van der Waals surface area contributed by atoms with Crippen molar-refractivity contribution in [2.24, 2.45) is 5.92 Å². The Labute approximate surface area is 230 Å². The molecule has 0 aliphatic heterocycles. The Balaban J connectivity index is 1.88. The van der Waals surface area contributed by atoms with Crippen LogP contribution in [-0.4, -0.2) is 30.6 Å². The van der Waals surface area contributed by atoms with Gasteiger partial charge in [0.25, 0.3) is 0 Å². The number of ether oxygens (including phenoxy) is 1. The van der Waals surface area contributed by atoms with Crippen molar-refractivity contribution in [3.05, 3.63) is 71.8 Å². The summed E-state index contributed by atoms with van der Waals surface area (Å²) >= 11 is 0. The molecule has 0 radical (unpaired) electrons. The molecule has 0 heterocycles. The van der Waals surface area contributed by atoms with Crippen molar-refractivity contribution in [2.45, 2.75) is 91.7 Å². The number of benzene rings is 2. The number of hydrogen-bond donors (Lipinski definition) is 1. The molecule has 0 saturated heterocycles. The maximum absolute atomic E-state index is 13.5. The first-order valence-corrected chi connectivity index (χ1v) is 14.2. The average molecular weight is 521 g/mol. The maximum Gasteiger partial charge on any atom is 0.227 e. The van der Waals surface area contributed by atoms with Crippen LogP contribution in [-0.2, 0) is 27.3 Å². The predicted molar refractivity (Wildman–Crippen MR) is 159 cm³/mol. The van der Waals surface area contributed by atoms with Gasteiger partial charge < -0.3 is 15.0 Å². The molecule has 5 heteroatoms. The number of para-hydroxylation sites is 1. The highest BCUT2D eigenvalue weighted by molar-refractivity contribution is 5.94. The monoisotopic (exact) mass is 520 g/mol. The van der Waals surface area contributed by atoms with Gasteiger partial charge in [-0.2, -0.15) is 0 Å². The Bertz CT molecular complexity index is 1030. The van der Waals surface area contributed by atoms with E-state index in [1.54, 1.807) is 0 Å². The van der Waals surface area contributed by atoms with Crippen LogP contribution in [0.15, 0.2) is 55.1 Å². The molecule has 2 aromatic carbocycles. The fourth-order valence-electron chi connectivity index (χ4n) is 4.36. The number of aryl methyl sites for hydroxylation is 1. The highest BCUT2D eigenvalue weighted by Gasteiger charge is 2.20. The largest absolute Gasteiger partial charge is 0.375 e. The van der Waals surface area contributed by atoms with Crippen molar-refractivity contribution in [2.75, 3.05) is 18.1 Å². The Morgan fingerprint density at radius 1 is 1.03 bits per heavy atom. The lowest BCUT2D eigenvalue weighted by Gasteiger charge is -2.26. The van der Waals surface area contributed by atoms with Crippen LogP contribution in [0.4, 0.5) is 5.69 Å². The van der Waals surface area contributed by atoms with E-state index in [-0.39, 0.29) is 17.4 Å². The van der Waals surface area contributed by atoms with Crippen LogP contribution in [0.2, 0.25) is 0 Å².